The number of nitrogens with zero attached hydrogens (tertiary/aromatic N) is 1. The van der Waals surface area contributed by atoms with E-state index in [9.17, 15) is 0 Å². The molecular formula is C16H14N2S. The standard InChI is InChI=1S/C16H14N2S/c1-18-15(13-10-6-3-7-11-13)14(17-16(18)19)12-8-4-2-5-9-12/h2-11H,1H3,(H,17,19). The Bertz CT molecular complexity index is 739. The average molecular weight is 266 g/mol. The van der Waals surface area contributed by atoms with Gasteiger partial charge < -0.3 is 9.55 Å². The second kappa shape index (κ2) is 4.86. The number of aromatic amines is 1. The van der Waals surface area contributed by atoms with Crippen LogP contribution in [0.1, 0.15) is 0 Å². The maximum absolute atomic E-state index is 5.37. The Hall–Kier alpha value is -2.13. The summed E-state index contributed by atoms with van der Waals surface area (Å²) >= 11 is 5.37. The zero-order valence-electron chi connectivity index (χ0n) is 10.6. The number of hydrogen-bond acceptors (Lipinski definition) is 1. The fourth-order valence-electron chi connectivity index (χ4n) is 2.27. The Balaban J connectivity index is 2.28. The van der Waals surface area contributed by atoms with Crippen molar-refractivity contribution in [2.75, 3.05) is 0 Å². The van der Waals surface area contributed by atoms with Crippen LogP contribution in [0, 0.1) is 4.77 Å². The summed E-state index contributed by atoms with van der Waals surface area (Å²) in [7, 11) is 1.99. The normalized spacial score (nSPS) is 10.6. The molecule has 0 radical (unpaired) electrons. The molecule has 0 bridgehead atoms. The predicted molar refractivity (Wildman–Crippen MR) is 81.5 cm³/mol. The third kappa shape index (κ3) is 2.13. The Morgan fingerprint density at radius 1 is 0.842 bits per heavy atom. The van der Waals surface area contributed by atoms with E-state index >= 15 is 0 Å². The maximum Gasteiger partial charge on any atom is 0.177 e. The molecule has 0 aliphatic heterocycles. The molecule has 1 heterocycles. The first kappa shape index (κ1) is 11.9. The number of imidazole rings is 1. The van der Waals surface area contributed by atoms with E-state index in [1.165, 1.54) is 0 Å². The number of rotatable bonds is 2. The lowest BCUT2D eigenvalue weighted by Crippen LogP contribution is -1.92. The van der Waals surface area contributed by atoms with Gasteiger partial charge in [0.1, 0.15) is 0 Å². The first-order valence-electron chi connectivity index (χ1n) is 6.17. The highest BCUT2D eigenvalue weighted by Gasteiger charge is 2.12. The number of hydrogen-bond donors (Lipinski definition) is 1. The predicted octanol–water partition coefficient (Wildman–Crippen LogP) is 4.42. The van der Waals surface area contributed by atoms with Crippen molar-refractivity contribution in [3.63, 3.8) is 0 Å². The number of aromatic nitrogens is 2. The van der Waals surface area contributed by atoms with Gasteiger partial charge in [0.05, 0.1) is 11.4 Å². The van der Waals surface area contributed by atoms with E-state index in [1.807, 2.05) is 48.0 Å². The van der Waals surface area contributed by atoms with Crippen molar-refractivity contribution in [1.82, 2.24) is 9.55 Å². The highest BCUT2D eigenvalue weighted by Crippen LogP contribution is 2.30. The smallest absolute Gasteiger partial charge is 0.177 e. The zero-order valence-corrected chi connectivity index (χ0v) is 11.4. The maximum atomic E-state index is 5.37. The van der Waals surface area contributed by atoms with E-state index < -0.39 is 0 Å². The van der Waals surface area contributed by atoms with Crippen LogP contribution in [0.15, 0.2) is 60.7 Å². The Morgan fingerprint density at radius 2 is 1.37 bits per heavy atom. The van der Waals surface area contributed by atoms with Crippen LogP contribution in [0.3, 0.4) is 0 Å². The molecule has 2 nitrogen and oxygen atoms in total. The lowest BCUT2D eigenvalue weighted by atomic mass is 10.1. The van der Waals surface area contributed by atoms with Gasteiger partial charge in [-0.15, -0.1) is 0 Å². The summed E-state index contributed by atoms with van der Waals surface area (Å²) in [6.45, 7) is 0. The van der Waals surface area contributed by atoms with Crippen molar-refractivity contribution in [2.24, 2.45) is 7.05 Å². The fourth-order valence-corrected chi connectivity index (χ4v) is 2.46. The molecule has 1 N–H and O–H groups in total. The van der Waals surface area contributed by atoms with Crippen LogP contribution >= 0.6 is 12.2 Å². The molecule has 94 valence electrons. The van der Waals surface area contributed by atoms with Gasteiger partial charge in [0.2, 0.25) is 0 Å². The minimum Gasteiger partial charge on any atom is -0.330 e. The van der Waals surface area contributed by atoms with E-state index in [1.54, 1.807) is 0 Å². The Kier molecular flexibility index (Phi) is 3.05. The summed E-state index contributed by atoms with van der Waals surface area (Å²) < 4.78 is 2.75. The third-order valence-electron chi connectivity index (χ3n) is 3.22. The monoisotopic (exact) mass is 266 g/mol. The van der Waals surface area contributed by atoms with E-state index in [4.69, 9.17) is 12.2 Å². The molecule has 19 heavy (non-hydrogen) atoms. The molecule has 0 fully saturated rings. The van der Waals surface area contributed by atoms with Crippen LogP contribution in [0.25, 0.3) is 22.5 Å². The second-order valence-electron chi connectivity index (χ2n) is 4.44. The van der Waals surface area contributed by atoms with E-state index in [0.29, 0.717) is 0 Å². The molecule has 0 aliphatic carbocycles. The number of benzene rings is 2. The highest BCUT2D eigenvalue weighted by atomic mass is 32.1. The van der Waals surface area contributed by atoms with Crippen LogP contribution in [0.2, 0.25) is 0 Å². The van der Waals surface area contributed by atoms with Gasteiger partial charge in [0.25, 0.3) is 0 Å². The highest BCUT2D eigenvalue weighted by molar-refractivity contribution is 7.71. The Morgan fingerprint density at radius 3 is 1.95 bits per heavy atom. The van der Waals surface area contributed by atoms with Crippen molar-refractivity contribution in [1.29, 1.82) is 0 Å². The lowest BCUT2D eigenvalue weighted by Gasteiger charge is -2.06. The quantitative estimate of drug-likeness (QED) is 0.681. The second-order valence-corrected chi connectivity index (χ2v) is 4.83. The van der Waals surface area contributed by atoms with Gasteiger partial charge in [-0.3, -0.25) is 0 Å². The summed E-state index contributed by atoms with van der Waals surface area (Å²) in [6.07, 6.45) is 0. The molecule has 1 aromatic heterocycles. The summed E-state index contributed by atoms with van der Waals surface area (Å²) in [5.74, 6) is 0. The van der Waals surface area contributed by atoms with Gasteiger partial charge in [-0.2, -0.15) is 0 Å². The topological polar surface area (TPSA) is 20.7 Å². The number of H-pyrrole nitrogens is 1. The molecule has 0 spiro atoms. The molecule has 3 aromatic rings. The average Bonchev–Trinajstić information content (AvgIpc) is 2.77. The molecule has 0 atom stereocenters. The summed E-state index contributed by atoms with van der Waals surface area (Å²) in [6, 6.07) is 20.6. The van der Waals surface area contributed by atoms with Crippen LogP contribution < -0.4 is 0 Å². The molecule has 3 rings (SSSR count). The molecule has 3 heteroatoms. The van der Waals surface area contributed by atoms with E-state index in [2.05, 4.69) is 29.2 Å². The van der Waals surface area contributed by atoms with Crippen molar-refractivity contribution >= 4 is 12.2 Å². The van der Waals surface area contributed by atoms with E-state index in [0.717, 1.165) is 27.3 Å². The molecule has 0 saturated heterocycles. The zero-order chi connectivity index (χ0) is 13.2. The molecule has 2 aromatic carbocycles. The molecule has 0 amide bonds. The molecule has 0 saturated carbocycles. The SMILES string of the molecule is Cn1c(-c2ccccc2)c(-c2ccccc2)[nH]c1=S. The van der Waals surface area contributed by atoms with Crippen LogP contribution in [0.5, 0.6) is 0 Å². The fraction of sp³-hybridized carbons (Fsp3) is 0.0625. The van der Waals surface area contributed by atoms with Crippen LogP contribution in [0.4, 0.5) is 0 Å². The summed E-state index contributed by atoms with van der Waals surface area (Å²) in [5, 5.41) is 0. The molecular weight excluding hydrogens is 252 g/mol. The number of nitrogens with one attached hydrogen (secondary N) is 1. The minimum absolute atomic E-state index is 0.734. The lowest BCUT2D eigenvalue weighted by molar-refractivity contribution is 0.902. The summed E-state index contributed by atoms with van der Waals surface area (Å²) in [4.78, 5) is 3.31. The largest absolute Gasteiger partial charge is 0.330 e. The van der Waals surface area contributed by atoms with Gasteiger partial charge in [-0.25, -0.2) is 0 Å². The van der Waals surface area contributed by atoms with Gasteiger partial charge >= 0.3 is 0 Å². The molecule has 0 aliphatic rings. The minimum atomic E-state index is 0.734. The molecule has 0 unspecified atom stereocenters. The van der Waals surface area contributed by atoms with Crippen molar-refractivity contribution in [3.05, 3.63) is 65.4 Å². The first-order chi connectivity index (χ1) is 9.27. The van der Waals surface area contributed by atoms with Crippen molar-refractivity contribution in [3.8, 4) is 22.5 Å². The van der Waals surface area contributed by atoms with Crippen LogP contribution in [-0.4, -0.2) is 9.55 Å². The van der Waals surface area contributed by atoms with E-state index in [-0.39, 0.29) is 0 Å². The Labute approximate surface area is 117 Å². The summed E-state index contributed by atoms with van der Waals surface area (Å²) in [5.41, 5.74) is 4.50. The van der Waals surface area contributed by atoms with Gasteiger partial charge in [0, 0.05) is 18.2 Å². The van der Waals surface area contributed by atoms with Crippen LogP contribution in [-0.2, 0) is 7.05 Å². The van der Waals surface area contributed by atoms with Gasteiger partial charge in [-0.05, 0) is 12.2 Å². The van der Waals surface area contributed by atoms with Gasteiger partial charge in [0.15, 0.2) is 4.77 Å². The van der Waals surface area contributed by atoms with Crippen molar-refractivity contribution < 1.29 is 0 Å². The van der Waals surface area contributed by atoms with Crippen molar-refractivity contribution in [2.45, 2.75) is 0 Å². The van der Waals surface area contributed by atoms with Gasteiger partial charge in [-0.1, -0.05) is 60.7 Å². The first-order valence-corrected chi connectivity index (χ1v) is 6.58. The third-order valence-corrected chi connectivity index (χ3v) is 3.59.